The molecule has 0 amide bonds. The molecule has 168 valence electrons. The van der Waals surface area contributed by atoms with Gasteiger partial charge in [0.1, 0.15) is 16.5 Å². The summed E-state index contributed by atoms with van der Waals surface area (Å²) in [5.41, 5.74) is 2.45. The summed E-state index contributed by atoms with van der Waals surface area (Å²) in [5, 5.41) is 7.20. The molecule has 1 saturated carbocycles. The number of fused-ring (bicyclic) bond motifs is 1. The van der Waals surface area contributed by atoms with Crippen molar-refractivity contribution < 1.29 is 9.47 Å². The van der Waals surface area contributed by atoms with E-state index in [2.05, 4.69) is 45.9 Å². The Labute approximate surface area is 193 Å². The molecular formula is C25H30N4O2S. The predicted molar refractivity (Wildman–Crippen MR) is 128 cm³/mol. The second-order valence-corrected chi connectivity index (χ2v) is 9.98. The van der Waals surface area contributed by atoms with E-state index in [1.807, 2.05) is 0 Å². The number of morpholine rings is 1. The van der Waals surface area contributed by atoms with Crippen LogP contribution in [0.3, 0.4) is 0 Å². The maximum atomic E-state index is 5.76. The third kappa shape index (κ3) is 4.15. The summed E-state index contributed by atoms with van der Waals surface area (Å²) < 4.78 is 11.4. The highest BCUT2D eigenvalue weighted by Crippen LogP contribution is 2.42. The smallest absolute Gasteiger partial charge is 0.139 e. The van der Waals surface area contributed by atoms with Crippen molar-refractivity contribution in [2.45, 2.75) is 31.2 Å². The van der Waals surface area contributed by atoms with Gasteiger partial charge in [-0.1, -0.05) is 30.3 Å². The lowest BCUT2D eigenvalue weighted by atomic mass is 9.96. The lowest BCUT2D eigenvalue weighted by molar-refractivity contribution is 0.00460. The van der Waals surface area contributed by atoms with Gasteiger partial charge in [-0.2, -0.15) is 0 Å². The Balaban J connectivity index is 1.34. The fourth-order valence-corrected chi connectivity index (χ4v) is 5.96. The van der Waals surface area contributed by atoms with Crippen molar-refractivity contribution in [2.24, 2.45) is 5.92 Å². The molecule has 3 aliphatic rings. The number of anilines is 1. The van der Waals surface area contributed by atoms with Crippen LogP contribution in [-0.4, -0.2) is 67.0 Å². The summed E-state index contributed by atoms with van der Waals surface area (Å²) >= 11 is 1.73. The highest BCUT2D eigenvalue weighted by Gasteiger charge is 2.32. The van der Waals surface area contributed by atoms with Crippen molar-refractivity contribution in [1.82, 2.24) is 14.9 Å². The molecule has 2 atom stereocenters. The van der Waals surface area contributed by atoms with Gasteiger partial charge in [0.15, 0.2) is 0 Å². The van der Waals surface area contributed by atoms with Crippen LogP contribution in [0.25, 0.3) is 21.3 Å². The molecule has 4 heterocycles. The van der Waals surface area contributed by atoms with E-state index in [4.69, 9.17) is 19.4 Å². The molecule has 2 aromatic heterocycles. The van der Waals surface area contributed by atoms with E-state index in [0.717, 1.165) is 74.3 Å². The van der Waals surface area contributed by atoms with Crippen LogP contribution in [0, 0.1) is 5.92 Å². The Bertz CT molecular complexity index is 1060. The number of aromatic nitrogens is 2. The molecule has 32 heavy (non-hydrogen) atoms. The lowest BCUT2D eigenvalue weighted by Gasteiger charge is -2.37. The zero-order chi connectivity index (χ0) is 21.3. The Morgan fingerprint density at radius 3 is 2.62 bits per heavy atom. The molecule has 2 aliphatic heterocycles. The Kier molecular flexibility index (Phi) is 5.81. The highest BCUT2D eigenvalue weighted by molar-refractivity contribution is 7.17. The van der Waals surface area contributed by atoms with Gasteiger partial charge in [0.25, 0.3) is 0 Å². The van der Waals surface area contributed by atoms with Crippen molar-refractivity contribution >= 4 is 27.4 Å². The van der Waals surface area contributed by atoms with Gasteiger partial charge >= 0.3 is 0 Å². The zero-order valence-corrected chi connectivity index (χ0v) is 19.2. The molecule has 2 saturated heterocycles. The van der Waals surface area contributed by atoms with Crippen molar-refractivity contribution in [1.29, 1.82) is 0 Å². The van der Waals surface area contributed by atoms with E-state index >= 15 is 0 Å². The van der Waals surface area contributed by atoms with Crippen molar-refractivity contribution in [3.63, 3.8) is 0 Å². The summed E-state index contributed by atoms with van der Waals surface area (Å²) in [7, 11) is 0. The third-order valence-electron chi connectivity index (χ3n) is 6.98. The summed E-state index contributed by atoms with van der Waals surface area (Å²) in [6.45, 7) is 6.20. The van der Waals surface area contributed by atoms with Crippen molar-refractivity contribution in [3.05, 3.63) is 41.5 Å². The average Bonchev–Trinajstić information content (AvgIpc) is 3.38. The van der Waals surface area contributed by atoms with Crippen LogP contribution in [0.15, 0.2) is 35.7 Å². The maximum absolute atomic E-state index is 5.76. The Morgan fingerprint density at radius 1 is 1.03 bits per heavy atom. The van der Waals surface area contributed by atoms with Crippen LogP contribution in [0.1, 0.15) is 31.0 Å². The summed E-state index contributed by atoms with van der Waals surface area (Å²) in [6, 6.07) is 11.0. The largest absolute Gasteiger partial charge is 0.381 e. The third-order valence-corrected chi connectivity index (χ3v) is 7.85. The number of nitrogens with one attached hydrogen (secondary N) is 1. The van der Waals surface area contributed by atoms with Crippen LogP contribution in [-0.2, 0) is 9.47 Å². The first-order chi connectivity index (χ1) is 15.9. The Hall–Kier alpha value is -2.06. The summed E-state index contributed by atoms with van der Waals surface area (Å²) in [4.78, 5) is 13.7. The molecule has 0 bridgehead atoms. The monoisotopic (exact) mass is 450 g/mol. The number of hydrogen-bond acceptors (Lipinski definition) is 7. The SMILES string of the molecule is c1ccc(-c2csc3nc(C4CC4)nc(NCC(C4CCOC4)N4CCOCC4)c23)cc1. The standard InChI is InChI=1S/C25H30N4O2S/c1-2-4-17(5-3-1)20-16-32-25-22(20)24(27-23(28-25)18-6-7-18)26-14-21(19-8-11-31-15-19)29-9-12-30-13-10-29/h1-5,16,18-19,21H,6-15H2,(H,26,27,28). The molecule has 3 aromatic rings. The van der Waals surface area contributed by atoms with Crippen molar-refractivity contribution in [2.75, 3.05) is 51.4 Å². The van der Waals surface area contributed by atoms with Gasteiger partial charge in [0.2, 0.25) is 0 Å². The first kappa shape index (κ1) is 20.5. The molecule has 7 heteroatoms. The van der Waals surface area contributed by atoms with Gasteiger partial charge in [0.05, 0.1) is 25.2 Å². The number of benzene rings is 1. The molecule has 2 unspecified atom stereocenters. The number of nitrogens with zero attached hydrogens (tertiary/aromatic N) is 3. The van der Waals surface area contributed by atoms with E-state index in [-0.39, 0.29) is 0 Å². The molecule has 6 nitrogen and oxygen atoms in total. The van der Waals surface area contributed by atoms with Crippen LogP contribution in [0.5, 0.6) is 0 Å². The van der Waals surface area contributed by atoms with E-state index in [9.17, 15) is 0 Å². The molecule has 3 fully saturated rings. The minimum Gasteiger partial charge on any atom is -0.381 e. The average molecular weight is 451 g/mol. The summed E-state index contributed by atoms with van der Waals surface area (Å²) in [6.07, 6.45) is 3.54. The van der Waals surface area contributed by atoms with Crippen LogP contribution < -0.4 is 5.32 Å². The topological polar surface area (TPSA) is 59.5 Å². The highest BCUT2D eigenvalue weighted by atomic mass is 32.1. The fourth-order valence-electron chi connectivity index (χ4n) is 5.00. The van der Waals surface area contributed by atoms with Gasteiger partial charge in [-0.05, 0) is 24.8 Å². The summed E-state index contributed by atoms with van der Waals surface area (Å²) in [5.74, 6) is 3.08. The van der Waals surface area contributed by atoms with Crippen LogP contribution >= 0.6 is 11.3 Å². The number of thiophene rings is 1. The van der Waals surface area contributed by atoms with Gasteiger partial charge in [-0.25, -0.2) is 9.97 Å². The second kappa shape index (κ2) is 9.06. The van der Waals surface area contributed by atoms with Gasteiger partial charge in [-0.15, -0.1) is 11.3 Å². The van der Waals surface area contributed by atoms with E-state index < -0.39 is 0 Å². The lowest BCUT2D eigenvalue weighted by Crippen LogP contribution is -2.50. The van der Waals surface area contributed by atoms with Gasteiger partial charge in [-0.3, -0.25) is 4.90 Å². The van der Waals surface area contributed by atoms with Gasteiger partial charge < -0.3 is 14.8 Å². The van der Waals surface area contributed by atoms with E-state index in [1.165, 1.54) is 24.0 Å². The molecule has 0 spiro atoms. The molecule has 1 aliphatic carbocycles. The molecular weight excluding hydrogens is 420 g/mol. The molecule has 6 rings (SSSR count). The van der Waals surface area contributed by atoms with Gasteiger partial charge in [0, 0.05) is 55.1 Å². The normalized spacial score (nSPS) is 22.9. The van der Waals surface area contributed by atoms with Crippen LogP contribution in [0.4, 0.5) is 5.82 Å². The molecule has 0 radical (unpaired) electrons. The maximum Gasteiger partial charge on any atom is 0.139 e. The second-order valence-electron chi connectivity index (χ2n) is 9.12. The predicted octanol–water partition coefficient (Wildman–Crippen LogP) is 4.38. The van der Waals surface area contributed by atoms with E-state index in [0.29, 0.717) is 17.9 Å². The number of ether oxygens (including phenoxy) is 2. The quantitative estimate of drug-likeness (QED) is 0.576. The molecule has 1 aromatic carbocycles. The zero-order valence-electron chi connectivity index (χ0n) is 18.3. The Morgan fingerprint density at radius 2 is 1.88 bits per heavy atom. The first-order valence-corrected chi connectivity index (χ1v) is 12.7. The fraction of sp³-hybridized carbons (Fsp3) is 0.520. The minimum atomic E-state index is 0.426. The molecule has 1 N–H and O–H groups in total. The van der Waals surface area contributed by atoms with Crippen LogP contribution in [0.2, 0.25) is 0 Å². The number of hydrogen-bond donors (Lipinski definition) is 1. The first-order valence-electron chi connectivity index (χ1n) is 11.8. The minimum absolute atomic E-state index is 0.426. The van der Waals surface area contributed by atoms with Crippen molar-refractivity contribution in [3.8, 4) is 11.1 Å². The number of rotatable bonds is 7. The van der Waals surface area contributed by atoms with E-state index in [1.54, 1.807) is 11.3 Å².